The molecule has 1 aliphatic heterocycles. The van der Waals surface area contributed by atoms with Crippen molar-refractivity contribution in [1.82, 2.24) is 0 Å². The second kappa shape index (κ2) is 7.51. The molecule has 0 saturated heterocycles. The second-order valence-electron chi connectivity index (χ2n) is 6.45. The molecule has 1 aliphatic carbocycles. The number of rotatable bonds is 5. The van der Waals surface area contributed by atoms with Crippen LogP contribution in [0.5, 0.6) is 11.5 Å². The van der Waals surface area contributed by atoms with Crippen LogP contribution in [0.1, 0.15) is 27.2 Å². The number of aryl methyl sites for hydroxylation is 1. The molecule has 9 heteroatoms. The maximum absolute atomic E-state index is 12.2. The van der Waals surface area contributed by atoms with Crippen molar-refractivity contribution in [2.24, 2.45) is 5.73 Å². The van der Waals surface area contributed by atoms with Crippen LogP contribution in [0.15, 0.2) is 24.3 Å². The summed E-state index contributed by atoms with van der Waals surface area (Å²) in [4.78, 5) is 37.2. The molecule has 1 unspecified atom stereocenters. The highest BCUT2D eigenvalue weighted by atomic mass is 32.1. The van der Waals surface area contributed by atoms with E-state index in [1.54, 1.807) is 24.3 Å². The predicted molar refractivity (Wildman–Crippen MR) is 101 cm³/mol. The van der Waals surface area contributed by atoms with Gasteiger partial charge in [-0.1, -0.05) is 12.1 Å². The summed E-state index contributed by atoms with van der Waals surface area (Å²) in [7, 11) is 0. The molecule has 1 aromatic heterocycles. The number of thiophene rings is 1. The van der Waals surface area contributed by atoms with Gasteiger partial charge in [-0.25, -0.2) is 4.79 Å². The van der Waals surface area contributed by atoms with E-state index < -0.39 is 30.5 Å². The number of ether oxygens (including phenoxy) is 3. The van der Waals surface area contributed by atoms with Crippen molar-refractivity contribution in [1.29, 1.82) is 0 Å². The van der Waals surface area contributed by atoms with Gasteiger partial charge in [0.15, 0.2) is 18.1 Å². The summed E-state index contributed by atoms with van der Waals surface area (Å²) in [5.74, 6) is -0.826. The van der Waals surface area contributed by atoms with Crippen molar-refractivity contribution in [2.75, 3.05) is 18.5 Å². The van der Waals surface area contributed by atoms with Crippen LogP contribution in [0.25, 0.3) is 0 Å². The highest BCUT2D eigenvalue weighted by Crippen LogP contribution is 2.38. The molecular formula is C19H18N2O6S. The molecule has 0 radical (unpaired) electrons. The van der Waals surface area contributed by atoms with Crippen molar-refractivity contribution >= 4 is 34.1 Å². The number of nitrogens with one attached hydrogen (secondary N) is 1. The lowest BCUT2D eigenvalue weighted by molar-refractivity contribution is -0.156. The first-order valence-electron chi connectivity index (χ1n) is 8.82. The lowest BCUT2D eigenvalue weighted by Gasteiger charge is -2.24. The molecule has 1 aromatic carbocycles. The number of nitrogens with two attached hydrogens (primary N) is 1. The van der Waals surface area contributed by atoms with E-state index >= 15 is 0 Å². The molecule has 0 bridgehead atoms. The van der Waals surface area contributed by atoms with Gasteiger partial charge in [-0.05, 0) is 37.0 Å². The van der Waals surface area contributed by atoms with Gasteiger partial charge in [0.2, 0.25) is 6.10 Å². The minimum atomic E-state index is -0.950. The summed E-state index contributed by atoms with van der Waals surface area (Å²) in [6.07, 6.45) is 1.66. The zero-order chi connectivity index (χ0) is 19.7. The Morgan fingerprint density at radius 1 is 1.21 bits per heavy atom. The number of carbonyl (C=O) groups excluding carboxylic acids is 3. The topological polar surface area (TPSA) is 117 Å². The summed E-state index contributed by atoms with van der Waals surface area (Å²) in [5, 5.41) is 3.03. The van der Waals surface area contributed by atoms with Crippen molar-refractivity contribution in [3.63, 3.8) is 0 Å². The quantitative estimate of drug-likeness (QED) is 0.735. The number of hydrogen-bond acceptors (Lipinski definition) is 7. The average Bonchev–Trinajstić information content (AvgIpc) is 3.26. The molecule has 2 aromatic rings. The maximum atomic E-state index is 12.2. The molecular weight excluding hydrogens is 384 g/mol. The number of benzene rings is 1. The van der Waals surface area contributed by atoms with Crippen LogP contribution < -0.4 is 20.5 Å². The molecule has 146 valence electrons. The van der Waals surface area contributed by atoms with E-state index in [0.717, 1.165) is 29.7 Å². The van der Waals surface area contributed by atoms with Gasteiger partial charge < -0.3 is 25.3 Å². The van der Waals surface area contributed by atoms with E-state index in [0.29, 0.717) is 22.1 Å². The summed E-state index contributed by atoms with van der Waals surface area (Å²) < 4.78 is 16.0. The SMILES string of the molecule is NC(=O)c1c(NC(=O)COC(=O)C2COc3ccccc3O2)sc2c1CCC2. The Morgan fingerprint density at radius 2 is 2.00 bits per heavy atom. The fraction of sp³-hybridized carbons (Fsp3) is 0.316. The molecule has 1 atom stereocenters. The molecule has 2 heterocycles. The summed E-state index contributed by atoms with van der Waals surface area (Å²) in [5.41, 5.74) is 6.74. The Bertz CT molecular complexity index is 954. The molecule has 0 fully saturated rings. The minimum absolute atomic E-state index is 0.000926. The van der Waals surface area contributed by atoms with E-state index in [-0.39, 0.29) is 6.61 Å². The van der Waals surface area contributed by atoms with Crippen LogP contribution in [0, 0.1) is 0 Å². The third kappa shape index (κ3) is 3.53. The second-order valence-corrected chi connectivity index (χ2v) is 7.55. The number of fused-ring (bicyclic) bond motifs is 2. The van der Waals surface area contributed by atoms with Gasteiger partial charge in [-0.3, -0.25) is 9.59 Å². The standard InChI is InChI=1S/C19H18N2O6S/c20-17(23)16-10-4-3-7-14(10)28-18(16)21-15(22)9-26-19(24)13-8-25-11-5-1-2-6-12(11)27-13/h1-2,5-6,13H,3-4,7-9H2,(H2,20,23)(H,21,22). The largest absolute Gasteiger partial charge is 0.485 e. The normalized spacial score (nSPS) is 16.9. The lowest BCUT2D eigenvalue weighted by atomic mass is 10.1. The van der Waals surface area contributed by atoms with Crippen LogP contribution >= 0.6 is 11.3 Å². The van der Waals surface area contributed by atoms with Crippen molar-refractivity contribution in [2.45, 2.75) is 25.4 Å². The molecule has 4 rings (SSSR count). The molecule has 0 saturated carbocycles. The number of primary amides is 1. The maximum Gasteiger partial charge on any atom is 0.351 e. The predicted octanol–water partition coefficient (Wildman–Crippen LogP) is 1.66. The fourth-order valence-electron chi connectivity index (χ4n) is 3.28. The van der Waals surface area contributed by atoms with Gasteiger partial charge in [0.05, 0.1) is 5.56 Å². The van der Waals surface area contributed by atoms with Gasteiger partial charge in [0.1, 0.15) is 11.6 Å². The van der Waals surface area contributed by atoms with Crippen LogP contribution in [0.4, 0.5) is 5.00 Å². The Morgan fingerprint density at radius 3 is 2.79 bits per heavy atom. The third-order valence-electron chi connectivity index (χ3n) is 4.54. The van der Waals surface area contributed by atoms with E-state index in [1.807, 2.05) is 0 Å². The molecule has 3 N–H and O–H groups in total. The Labute approximate surface area is 164 Å². The minimum Gasteiger partial charge on any atom is -0.485 e. The number of amides is 2. The molecule has 2 aliphatic rings. The number of carbonyl (C=O) groups is 3. The van der Waals surface area contributed by atoms with Crippen molar-refractivity contribution < 1.29 is 28.6 Å². The molecule has 8 nitrogen and oxygen atoms in total. The number of hydrogen-bond donors (Lipinski definition) is 2. The summed E-state index contributed by atoms with van der Waals surface area (Å²) >= 11 is 1.34. The van der Waals surface area contributed by atoms with Gasteiger partial charge in [0, 0.05) is 4.88 Å². The van der Waals surface area contributed by atoms with Gasteiger partial charge in [-0.15, -0.1) is 11.3 Å². The van der Waals surface area contributed by atoms with Crippen molar-refractivity contribution in [3.8, 4) is 11.5 Å². The lowest BCUT2D eigenvalue weighted by Crippen LogP contribution is -2.39. The summed E-state index contributed by atoms with van der Waals surface area (Å²) in [6.45, 7) is -0.498. The summed E-state index contributed by atoms with van der Waals surface area (Å²) in [6, 6.07) is 6.98. The number of anilines is 1. The number of esters is 1. The van der Waals surface area contributed by atoms with Gasteiger partial charge in [0.25, 0.3) is 11.8 Å². The molecule has 2 amide bonds. The Kier molecular flexibility index (Phi) is 4.91. The van der Waals surface area contributed by atoms with E-state index in [4.69, 9.17) is 19.9 Å². The Balaban J connectivity index is 1.34. The third-order valence-corrected chi connectivity index (χ3v) is 5.74. The van der Waals surface area contributed by atoms with E-state index in [2.05, 4.69) is 5.32 Å². The zero-order valence-corrected chi connectivity index (χ0v) is 15.7. The van der Waals surface area contributed by atoms with Crippen LogP contribution in [0.3, 0.4) is 0 Å². The highest BCUT2D eigenvalue weighted by Gasteiger charge is 2.30. The first-order valence-corrected chi connectivity index (χ1v) is 9.64. The fourth-order valence-corrected chi connectivity index (χ4v) is 4.59. The first-order chi connectivity index (χ1) is 13.5. The monoisotopic (exact) mass is 402 g/mol. The zero-order valence-electron chi connectivity index (χ0n) is 14.9. The van der Waals surface area contributed by atoms with E-state index in [9.17, 15) is 14.4 Å². The van der Waals surface area contributed by atoms with Crippen LogP contribution in [-0.2, 0) is 27.2 Å². The highest BCUT2D eigenvalue weighted by molar-refractivity contribution is 7.17. The smallest absolute Gasteiger partial charge is 0.351 e. The Hall–Kier alpha value is -3.07. The van der Waals surface area contributed by atoms with Gasteiger partial charge in [-0.2, -0.15) is 0 Å². The number of para-hydroxylation sites is 2. The van der Waals surface area contributed by atoms with Crippen molar-refractivity contribution in [3.05, 3.63) is 40.3 Å². The first kappa shape index (κ1) is 18.3. The van der Waals surface area contributed by atoms with E-state index in [1.165, 1.54) is 11.3 Å². The van der Waals surface area contributed by atoms with Crippen LogP contribution in [0.2, 0.25) is 0 Å². The van der Waals surface area contributed by atoms with Gasteiger partial charge >= 0.3 is 5.97 Å². The van der Waals surface area contributed by atoms with Crippen LogP contribution in [-0.4, -0.2) is 37.1 Å². The molecule has 0 spiro atoms. The molecule has 28 heavy (non-hydrogen) atoms. The average molecular weight is 402 g/mol.